The van der Waals surface area contributed by atoms with E-state index in [4.69, 9.17) is 10.00 Å². The Labute approximate surface area is 138 Å². The number of rotatable bonds is 4. The van der Waals surface area contributed by atoms with Gasteiger partial charge in [-0.25, -0.2) is 0 Å². The van der Waals surface area contributed by atoms with Gasteiger partial charge in [0.2, 0.25) is 0 Å². The molecule has 0 atom stereocenters. The lowest BCUT2D eigenvalue weighted by Crippen LogP contribution is -2.20. The molecule has 1 fully saturated rings. The summed E-state index contributed by atoms with van der Waals surface area (Å²) in [5.41, 5.74) is 4.52. The third-order valence-electron chi connectivity index (χ3n) is 4.81. The highest BCUT2D eigenvalue weighted by Crippen LogP contribution is 2.34. The zero-order valence-electron chi connectivity index (χ0n) is 13.7. The highest BCUT2D eigenvalue weighted by Gasteiger charge is 2.22. The zero-order valence-corrected chi connectivity index (χ0v) is 13.7. The van der Waals surface area contributed by atoms with Gasteiger partial charge in [-0.05, 0) is 67.3 Å². The molecule has 0 unspecified atom stereocenters. The third-order valence-corrected chi connectivity index (χ3v) is 4.81. The molecule has 118 valence electrons. The number of ether oxygens (including phenoxy) is 1. The Bertz CT molecular complexity index is 658. The van der Waals surface area contributed by atoms with Crippen LogP contribution < -0.4 is 0 Å². The summed E-state index contributed by atoms with van der Waals surface area (Å²) < 4.78 is 5.74. The van der Waals surface area contributed by atoms with E-state index >= 15 is 0 Å². The lowest BCUT2D eigenvalue weighted by molar-refractivity contribution is 0.0328. The predicted octanol–water partition coefficient (Wildman–Crippen LogP) is 5.29. The van der Waals surface area contributed by atoms with Crippen molar-refractivity contribution in [3.05, 3.63) is 59.7 Å². The normalized spacial score (nSPS) is 20.9. The SMILES string of the molecule is CCO[C@H]1CC[C@H](c2ccc(-c3ccc(C#N)cc3)cc2)CC1. The van der Waals surface area contributed by atoms with Crippen LogP contribution in [0.3, 0.4) is 0 Å². The van der Waals surface area contributed by atoms with Gasteiger partial charge in [0.05, 0.1) is 17.7 Å². The van der Waals surface area contributed by atoms with Gasteiger partial charge < -0.3 is 4.74 Å². The Morgan fingerprint density at radius 1 is 0.913 bits per heavy atom. The van der Waals surface area contributed by atoms with Crippen LogP contribution in [0.2, 0.25) is 0 Å². The number of nitriles is 1. The van der Waals surface area contributed by atoms with Gasteiger partial charge in [0, 0.05) is 6.61 Å². The molecular formula is C21H23NO. The van der Waals surface area contributed by atoms with Crippen LogP contribution in [0.1, 0.15) is 49.7 Å². The Balaban J connectivity index is 1.66. The van der Waals surface area contributed by atoms with E-state index in [0.717, 1.165) is 12.2 Å². The van der Waals surface area contributed by atoms with Gasteiger partial charge in [0.15, 0.2) is 0 Å². The monoisotopic (exact) mass is 305 g/mol. The fraction of sp³-hybridized carbons (Fsp3) is 0.381. The molecule has 1 aliphatic rings. The van der Waals surface area contributed by atoms with Crippen LogP contribution >= 0.6 is 0 Å². The fourth-order valence-electron chi connectivity index (χ4n) is 3.48. The van der Waals surface area contributed by atoms with Gasteiger partial charge >= 0.3 is 0 Å². The van der Waals surface area contributed by atoms with Crippen LogP contribution in [-0.2, 0) is 4.74 Å². The van der Waals surface area contributed by atoms with E-state index in [9.17, 15) is 0 Å². The molecular weight excluding hydrogens is 282 g/mol. The summed E-state index contributed by atoms with van der Waals surface area (Å²) in [6.07, 6.45) is 5.27. The van der Waals surface area contributed by atoms with Crippen molar-refractivity contribution < 1.29 is 4.74 Å². The van der Waals surface area contributed by atoms with Crippen molar-refractivity contribution in [1.29, 1.82) is 5.26 Å². The number of hydrogen-bond acceptors (Lipinski definition) is 2. The predicted molar refractivity (Wildman–Crippen MR) is 93.2 cm³/mol. The van der Waals surface area contributed by atoms with E-state index in [1.54, 1.807) is 0 Å². The van der Waals surface area contributed by atoms with Crippen LogP contribution in [0.4, 0.5) is 0 Å². The summed E-state index contributed by atoms with van der Waals surface area (Å²) in [5.74, 6) is 0.668. The summed E-state index contributed by atoms with van der Waals surface area (Å²) >= 11 is 0. The number of hydrogen-bond donors (Lipinski definition) is 0. The minimum Gasteiger partial charge on any atom is -0.379 e. The first kappa shape index (κ1) is 15.8. The maximum absolute atomic E-state index is 8.87. The maximum Gasteiger partial charge on any atom is 0.0991 e. The van der Waals surface area contributed by atoms with Crippen molar-refractivity contribution in [2.45, 2.75) is 44.6 Å². The summed E-state index contributed by atoms with van der Waals surface area (Å²) in [7, 11) is 0. The minimum atomic E-state index is 0.467. The molecule has 2 aromatic carbocycles. The van der Waals surface area contributed by atoms with Crippen LogP contribution in [0, 0.1) is 11.3 Å². The zero-order chi connectivity index (χ0) is 16.1. The lowest BCUT2D eigenvalue weighted by Gasteiger charge is -2.28. The van der Waals surface area contributed by atoms with Crippen LogP contribution in [0.15, 0.2) is 48.5 Å². The summed E-state index contributed by atoms with van der Waals surface area (Å²) in [4.78, 5) is 0. The molecule has 0 spiro atoms. The summed E-state index contributed by atoms with van der Waals surface area (Å²) in [6.45, 7) is 2.91. The molecule has 1 saturated carbocycles. The number of benzene rings is 2. The maximum atomic E-state index is 8.87. The standard InChI is InChI=1S/C21H23NO/c1-2-23-21-13-11-20(12-14-21)19-9-7-18(8-10-19)17-5-3-16(15-22)4-6-17/h3-10,20-21H,2,11-14H2,1H3/t20-,21-. The molecule has 23 heavy (non-hydrogen) atoms. The van der Waals surface area contributed by atoms with E-state index in [1.807, 2.05) is 24.3 Å². The third kappa shape index (κ3) is 3.81. The number of nitrogens with zero attached hydrogens (tertiary/aromatic N) is 1. The van der Waals surface area contributed by atoms with E-state index in [0.29, 0.717) is 17.6 Å². The van der Waals surface area contributed by atoms with Crippen LogP contribution in [0.5, 0.6) is 0 Å². The molecule has 0 saturated heterocycles. The van der Waals surface area contributed by atoms with Gasteiger partial charge in [-0.1, -0.05) is 36.4 Å². The molecule has 0 aromatic heterocycles. The van der Waals surface area contributed by atoms with Crippen molar-refractivity contribution in [3.63, 3.8) is 0 Å². The average Bonchev–Trinajstić information content (AvgIpc) is 2.63. The van der Waals surface area contributed by atoms with E-state index in [1.165, 1.54) is 36.8 Å². The van der Waals surface area contributed by atoms with Crippen molar-refractivity contribution in [2.24, 2.45) is 0 Å². The topological polar surface area (TPSA) is 33.0 Å². The minimum absolute atomic E-state index is 0.467. The van der Waals surface area contributed by atoms with Gasteiger partial charge in [-0.2, -0.15) is 5.26 Å². The Kier molecular flexibility index (Phi) is 5.10. The molecule has 0 radical (unpaired) electrons. The first-order valence-corrected chi connectivity index (χ1v) is 8.52. The van der Waals surface area contributed by atoms with Gasteiger partial charge in [0.25, 0.3) is 0 Å². The second-order valence-corrected chi connectivity index (χ2v) is 6.24. The van der Waals surface area contributed by atoms with Gasteiger partial charge in [0.1, 0.15) is 0 Å². The highest BCUT2D eigenvalue weighted by molar-refractivity contribution is 5.64. The van der Waals surface area contributed by atoms with Crippen molar-refractivity contribution in [1.82, 2.24) is 0 Å². The smallest absolute Gasteiger partial charge is 0.0991 e. The molecule has 2 heteroatoms. The molecule has 0 N–H and O–H groups in total. The fourth-order valence-corrected chi connectivity index (χ4v) is 3.48. The van der Waals surface area contributed by atoms with Crippen LogP contribution in [-0.4, -0.2) is 12.7 Å². The van der Waals surface area contributed by atoms with Crippen molar-refractivity contribution in [3.8, 4) is 17.2 Å². The molecule has 0 aliphatic heterocycles. The van der Waals surface area contributed by atoms with Gasteiger partial charge in [-0.3, -0.25) is 0 Å². The molecule has 1 aliphatic carbocycles. The summed E-state index contributed by atoms with van der Waals surface area (Å²) in [6, 6.07) is 18.9. The van der Waals surface area contributed by atoms with Crippen molar-refractivity contribution >= 4 is 0 Å². The lowest BCUT2D eigenvalue weighted by atomic mass is 9.82. The molecule has 0 heterocycles. The Morgan fingerprint density at radius 2 is 1.48 bits per heavy atom. The van der Waals surface area contributed by atoms with E-state index in [2.05, 4.69) is 37.3 Å². The van der Waals surface area contributed by atoms with E-state index in [-0.39, 0.29) is 0 Å². The van der Waals surface area contributed by atoms with Crippen LogP contribution in [0.25, 0.3) is 11.1 Å². The molecule has 0 amide bonds. The summed E-state index contributed by atoms with van der Waals surface area (Å²) in [5, 5.41) is 8.87. The average molecular weight is 305 g/mol. The highest BCUT2D eigenvalue weighted by atomic mass is 16.5. The Morgan fingerprint density at radius 3 is 2.00 bits per heavy atom. The van der Waals surface area contributed by atoms with Crippen molar-refractivity contribution in [2.75, 3.05) is 6.61 Å². The molecule has 2 nitrogen and oxygen atoms in total. The Hall–Kier alpha value is -2.11. The molecule has 3 rings (SSSR count). The second kappa shape index (κ2) is 7.44. The van der Waals surface area contributed by atoms with E-state index < -0.39 is 0 Å². The molecule has 2 aromatic rings. The molecule has 0 bridgehead atoms. The quantitative estimate of drug-likeness (QED) is 0.769. The second-order valence-electron chi connectivity index (χ2n) is 6.24. The first-order chi connectivity index (χ1) is 11.3. The van der Waals surface area contributed by atoms with Gasteiger partial charge in [-0.15, -0.1) is 0 Å². The largest absolute Gasteiger partial charge is 0.379 e. The first-order valence-electron chi connectivity index (χ1n) is 8.52.